The molecule has 0 aliphatic rings. The summed E-state index contributed by atoms with van der Waals surface area (Å²) in [6, 6.07) is 9.70. The Kier molecular flexibility index (Phi) is 5.61. The molecule has 1 aromatic heterocycles. The summed E-state index contributed by atoms with van der Waals surface area (Å²) < 4.78 is 5.23. The smallest absolute Gasteiger partial charge is 0.153 e. The summed E-state index contributed by atoms with van der Waals surface area (Å²) in [5.41, 5.74) is 8.99. The number of nitrogens with zero attached hydrogens (tertiary/aromatic N) is 2. The van der Waals surface area contributed by atoms with Gasteiger partial charge in [-0.2, -0.15) is 0 Å². The van der Waals surface area contributed by atoms with E-state index in [1.807, 2.05) is 30.3 Å². The Morgan fingerprint density at radius 3 is 2.82 bits per heavy atom. The molecule has 5 heteroatoms. The largest absolute Gasteiger partial charge is 0.497 e. The maximum absolute atomic E-state index is 6.25. The van der Waals surface area contributed by atoms with E-state index in [0.717, 1.165) is 36.4 Å². The van der Waals surface area contributed by atoms with E-state index in [4.69, 9.17) is 10.5 Å². The summed E-state index contributed by atoms with van der Waals surface area (Å²) in [7, 11) is 5.80. The number of nitrogens with one attached hydrogen (secondary N) is 1. The van der Waals surface area contributed by atoms with Crippen LogP contribution in [0.5, 0.6) is 5.75 Å². The van der Waals surface area contributed by atoms with Crippen molar-refractivity contribution in [3.05, 3.63) is 42.1 Å². The molecule has 5 nitrogen and oxygen atoms in total. The van der Waals surface area contributed by atoms with Gasteiger partial charge in [-0.3, -0.25) is 0 Å². The summed E-state index contributed by atoms with van der Waals surface area (Å²) in [6.45, 7) is 1.04. The summed E-state index contributed by atoms with van der Waals surface area (Å²) in [4.78, 5) is 6.52. The van der Waals surface area contributed by atoms with E-state index < -0.39 is 0 Å². The number of hydrogen-bond acceptors (Lipinski definition) is 5. The molecule has 0 unspecified atom stereocenters. The molecule has 0 aliphatic heterocycles. The number of ether oxygens (including phenoxy) is 1. The minimum absolute atomic E-state index is 0.690. The second kappa shape index (κ2) is 7.66. The Morgan fingerprint density at radius 1 is 1.27 bits per heavy atom. The molecule has 2 rings (SSSR count). The first-order chi connectivity index (χ1) is 10.6. The SMILES string of the molecule is COc1cccc(Nc2nccc(CCCN(C)C)c2N)c1. The first-order valence-electron chi connectivity index (χ1n) is 7.39. The first-order valence-corrected chi connectivity index (χ1v) is 7.39. The quantitative estimate of drug-likeness (QED) is 0.823. The molecule has 22 heavy (non-hydrogen) atoms. The molecule has 0 amide bonds. The average molecular weight is 300 g/mol. The second-order valence-corrected chi connectivity index (χ2v) is 5.50. The molecular formula is C17H24N4O. The zero-order chi connectivity index (χ0) is 15.9. The highest BCUT2D eigenvalue weighted by Crippen LogP contribution is 2.26. The minimum atomic E-state index is 0.690. The highest BCUT2D eigenvalue weighted by molar-refractivity contribution is 5.71. The standard InChI is InChI=1S/C17H24N4O/c1-21(2)11-5-6-13-9-10-19-17(16(13)18)20-14-7-4-8-15(12-14)22-3/h4,7-10,12H,5-6,11,18H2,1-3H3,(H,19,20). The third kappa shape index (κ3) is 4.36. The van der Waals surface area contributed by atoms with Gasteiger partial charge in [0.2, 0.25) is 0 Å². The lowest BCUT2D eigenvalue weighted by molar-refractivity contribution is 0.400. The van der Waals surface area contributed by atoms with E-state index in [1.54, 1.807) is 13.3 Å². The van der Waals surface area contributed by atoms with E-state index >= 15 is 0 Å². The number of methoxy groups -OCH3 is 1. The van der Waals surface area contributed by atoms with E-state index in [-0.39, 0.29) is 0 Å². The molecule has 0 saturated carbocycles. The number of aromatic nitrogens is 1. The number of benzene rings is 1. The van der Waals surface area contributed by atoms with Gasteiger partial charge >= 0.3 is 0 Å². The maximum Gasteiger partial charge on any atom is 0.153 e. The van der Waals surface area contributed by atoms with Gasteiger partial charge < -0.3 is 20.7 Å². The molecule has 1 heterocycles. The normalized spacial score (nSPS) is 10.7. The van der Waals surface area contributed by atoms with Gasteiger partial charge in [0.1, 0.15) is 5.75 Å². The molecule has 3 N–H and O–H groups in total. The third-order valence-electron chi connectivity index (χ3n) is 3.46. The Hall–Kier alpha value is -2.27. The topological polar surface area (TPSA) is 63.4 Å². The van der Waals surface area contributed by atoms with Gasteiger partial charge in [-0.25, -0.2) is 4.98 Å². The van der Waals surface area contributed by atoms with Gasteiger partial charge in [0.05, 0.1) is 12.8 Å². The van der Waals surface area contributed by atoms with Crippen LogP contribution in [0.15, 0.2) is 36.5 Å². The predicted molar refractivity (Wildman–Crippen MR) is 91.8 cm³/mol. The predicted octanol–water partition coefficient (Wildman–Crippen LogP) is 2.91. The molecule has 2 aromatic rings. The number of nitrogens with two attached hydrogens (primary N) is 1. The molecule has 1 aromatic carbocycles. The molecule has 0 atom stereocenters. The van der Waals surface area contributed by atoms with Crippen LogP contribution in [0, 0.1) is 0 Å². The van der Waals surface area contributed by atoms with Crippen molar-refractivity contribution >= 4 is 17.2 Å². The van der Waals surface area contributed by atoms with Gasteiger partial charge in [0, 0.05) is 18.0 Å². The summed E-state index contributed by atoms with van der Waals surface area (Å²) >= 11 is 0. The average Bonchev–Trinajstić information content (AvgIpc) is 2.51. The fourth-order valence-electron chi connectivity index (χ4n) is 2.25. The van der Waals surface area contributed by atoms with Crippen molar-refractivity contribution in [2.24, 2.45) is 0 Å². The van der Waals surface area contributed by atoms with Crippen molar-refractivity contribution in [3.63, 3.8) is 0 Å². The fraction of sp³-hybridized carbons (Fsp3) is 0.353. The maximum atomic E-state index is 6.25. The van der Waals surface area contributed by atoms with Crippen molar-refractivity contribution in [1.29, 1.82) is 0 Å². The van der Waals surface area contributed by atoms with Crippen LogP contribution in [-0.4, -0.2) is 37.6 Å². The highest BCUT2D eigenvalue weighted by Gasteiger charge is 2.07. The van der Waals surface area contributed by atoms with Crippen LogP contribution in [0.25, 0.3) is 0 Å². The van der Waals surface area contributed by atoms with Crippen LogP contribution in [0.1, 0.15) is 12.0 Å². The fourth-order valence-corrected chi connectivity index (χ4v) is 2.25. The molecule has 0 bridgehead atoms. The van der Waals surface area contributed by atoms with Crippen LogP contribution in [0.2, 0.25) is 0 Å². The van der Waals surface area contributed by atoms with Crippen molar-refractivity contribution < 1.29 is 4.74 Å². The van der Waals surface area contributed by atoms with Gasteiger partial charge in [-0.1, -0.05) is 6.07 Å². The Labute approximate surface area is 132 Å². The van der Waals surface area contributed by atoms with Gasteiger partial charge in [0.15, 0.2) is 5.82 Å². The molecular weight excluding hydrogens is 276 g/mol. The van der Waals surface area contributed by atoms with E-state index in [9.17, 15) is 0 Å². The monoisotopic (exact) mass is 300 g/mol. The van der Waals surface area contributed by atoms with Crippen LogP contribution in [-0.2, 0) is 6.42 Å². The minimum Gasteiger partial charge on any atom is -0.497 e. The molecule has 0 saturated heterocycles. The zero-order valence-electron chi connectivity index (χ0n) is 13.5. The van der Waals surface area contributed by atoms with Crippen LogP contribution < -0.4 is 15.8 Å². The van der Waals surface area contributed by atoms with Gasteiger partial charge in [0.25, 0.3) is 0 Å². The number of hydrogen-bond donors (Lipinski definition) is 2. The van der Waals surface area contributed by atoms with E-state index in [0.29, 0.717) is 11.5 Å². The van der Waals surface area contributed by atoms with Gasteiger partial charge in [-0.15, -0.1) is 0 Å². The lowest BCUT2D eigenvalue weighted by Gasteiger charge is -2.14. The van der Waals surface area contributed by atoms with Crippen LogP contribution >= 0.6 is 0 Å². The number of rotatable bonds is 7. The molecule has 0 spiro atoms. The van der Waals surface area contributed by atoms with E-state index in [2.05, 4.69) is 29.3 Å². The number of pyridine rings is 1. The van der Waals surface area contributed by atoms with Crippen molar-refractivity contribution in [1.82, 2.24) is 9.88 Å². The molecule has 0 radical (unpaired) electrons. The lowest BCUT2D eigenvalue weighted by atomic mass is 10.1. The Bertz CT molecular complexity index is 613. The Balaban J connectivity index is 2.10. The number of anilines is 3. The number of nitrogen functional groups attached to an aromatic ring is 1. The number of aryl methyl sites for hydroxylation is 1. The zero-order valence-corrected chi connectivity index (χ0v) is 13.5. The van der Waals surface area contributed by atoms with Crippen LogP contribution in [0.3, 0.4) is 0 Å². The summed E-state index contributed by atoms with van der Waals surface area (Å²) in [5.74, 6) is 1.49. The lowest BCUT2D eigenvalue weighted by Crippen LogP contribution is -2.14. The molecule has 118 valence electrons. The summed E-state index contributed by atoms with van der Waals surface area (Å²) in [6.07, 6.45) is 3.81. The first kappa shape index (κ1) is 16.1. The van der Waals surface area contributed by atoms with Crippen molar-refractivity contribution in [3.8, 4) is 5.75 Å². The third-order valence-corrected chi connectivity index (χ3v) is 3.46. The van der Waals surface area contributed by atoms with E-state index in [1.165, 1.54) is 0 Å². The second-order valence-electron chi connectivity index (χ2n) is 5.50. The molecule has 0 fully saturated rings. The summed E-state index contributed by atoms with van der Waals surface area (Å²) in [5, 5.41) is 3.26. The highest BCUT2D eigenvalue weighted by atomic mass is 16.5. The molecule has 0 aliphatic carbocycles. The Morgan fingerprint density at radius 2 is 2.09 bits per heavy atom. The van der Waals surface area contributed by atoms with Crippen LogP contribution in [0.4, 0.5) is 17.2 Å². The van der Waals surface area contributed by atoms with Gasteiger partial charge in [-0.05, 0) is 57.2 Å². The van der Waals surface area contributed by atoms with Crippen molar-refractivity contribution in [2.75, 3.05) is 38.8 Å². The van der Waals surface area contributed by atoms with Crippen molar-refractivity contribution in [2.45, 2.75) is 12.8 Å².